The third-order valence-corrected chi connectivity index (χ3v) is 3.49. The summed E-state index contributed by atoms with van der Waals surface area (Å²) in [7, 11) is 0. The van der Waals surface area contributed by atoms with Crippen LogP contribution in [0.1, 0.15) is 0 Å². The van der Waals surface area contributed by atoms with Gasteiger partial charge in [0, 0.05) is 25.0 Å². The van der Waals surface area contributed by atoms with Crippen LogP contribution >= 0.6 is 0 Å². The van der Waals surface area contributed by atoms with Crippen molar-refractivity contribution in [2.24, 2.45) is 23.7 Å². The van der Waals surface area contributed by atoms with E-state index in [0.717, 1.165) is 0 Å². The smallest absolute Gasteiger partial charge is 0.0669 e. The first-order valence-electron chi connectivity index (χ1n) is 4.25. The van der Waals surface area contributed by atoms with Gasteiger partial charge in [-0.3, -0.25) is 0 Å². The molecule has 11 heavy (non-hydrogen) atoms. The molecular weight excluding hydrogens is 144 g/mol. The molecule has 62 valence electrons. The molecule has 0 amide bonds. The normalized spacial score (nSPS) is 63.8. The third-order valence-electron chi connectivity index (χ3n) is 3.49. The van der Waals surface area contributed by atoms with E-state index in [1.165, 1.54) is 0 Å². The van der Waals surface area contributed by atoms with Crippen molar-refractivity contribution in [3.8, 4) is 0 Å². The molecule has 6 atom stereocenters. The second-order valence-electron chi connectivity index (χ2n) is 3.91. The quantitative estimate of drug-likeness (QED) is 0.552. The minimum atomic E-state index is 0.261. The largest absolute Gasteiger partial charge is 0.396 e. The number of hydrogen-bond acceptors (Lipinski definition) is 3. The zero-order valence-electron chi connectivity index (χ0n) is 6.18. The van der Waals surface area contributed by atoms with E-state index < -0.39 is 0 Å². The predicted molar refractivity (Wildman–Crippen MR) is 36.8 cm³/mol. The zero-order chi connectivity index (χ0) is 7.59. The zero-order valence-corrected chi connectivity index (χ0v) is 6.18. The Morgan fingerprint density at radius 3 is 1.73 bits per heavy atom. The second kappa shape index (κ2) is 1.79. The Bertz CT molecular complexity index is 166. The number of fused-ring (bicyclic) bond motifs is 3. The molecule has 3 nitrogen and oxygen atoms in total. The summed E-state index contributed by atoms with van der Waals surface area (Å²) in [4.78, 5) is 0. The van der Waals surface area contributed by atoms with Crippen LogP contribution in [0.2, 0.25) is 0 Å². The highest BCUT2D eigenvalue weighted by Gasteiger charge is 2.74. The number of hydrogen-bond donors (Lipinski definition) is 2. The van der Waals surface area contributed by atoms with Crippen LogP contribution in [-0.2, 0) is 4.74 Å². The first-order chi connectivity index (χ1) is 5.38. The highest BCUT2D eigenvalue weighted by molar-refractivity contribution is 5.20. The maximum Gasteiger partial charge on any atom is 0.0669 e. The molecule has 1 saturated heterocycles. The van der Waals surface area contributed by atoms with Crippen molar-refractivity contribution in [2.45, 2.75) is 12.2 Å². The molecular formula is C8H12O3. The van der Waals surface area contributed by atoms with Crippen molar-refractivity contribution in [3.63, 3.8) is 0 Å². The highest BCUT2D eigenvalue weighted by Crippen LogP contribution is 2.67. The maximum absolute atomic E-state index is 8.86. The topological polar surface area (TPSA) is 49.7 Å². The lowest BCUT2D eigenvalue weighted by Gasteiger charge is -1.98. The fourth-order valence-corrected chi connectivity index (χ4v) is 2.76. The molecule has 2 saturated carbocycles. The summed E-state index contributed by atoms with van der Waals surface area (Å²) in [6, 6.07) is 0. The molecule has 0 aromatic heterocycles. The lowest BCUT2D eigenvalue weighted by molar-refractivity contribution is 0.0768. The molecule has 3 heteroatoms. The molecule has 1 heterocycles. The Morgan fingerprint density at radius 1 is 0.909 bits per heavy atom. The van der Waals surface area contributed by atoms with Crippen molar-refractivity contribution in [3.05, 3.63) is 0 Å². The Hall–Kier alpha value is -0.120. The van der Waals surface area contributed by atoms with Crippen LogP contribution in [0.15, 0.2) is 0 Å². The summed E-state index contributed by atoms with van der Waals surface area (Å²) in [6.45, 7) is 0.521. The van der Waals surface area contributed by atoms with E-state index in [0.29, 0.717) is 35.9 Å². The summed E-state index contributed by atoms with van der Waals surface area (Å²) in [5.41, 5.74) is 0. The van der Waals surface area contributed by atoms with Crippen LogP contribution in [-0.4, -0.2) is 35.6 Å². The lowest BCUT2D eigenvalue weighted by Crippen LogP contribution is -2.04. The van der Waals surface area contributed by atoms with Crippen LogP contribution in [0.25, 0.3) is 0 Å². The molecule has 0 aromatic rings. The van der Waals surface area contributed by atoms with Gasteiger partial charge in [-0.15, -0.1) is 0 Å². The van der Waals surface area contributed by atoms with Gasteiger partial charge in [0.25, 0.3) is 0 Å². The number of ether oxygens (including phenoxy) is 1. The van der Waals surface area contributed by atoms with E-state index in [9.17, 15) is 0 Å². The number of aliphatic hydroxyl groups is 2. The number of rotatable bonds is 2. The van der Waals surface area contributed by atoms with Gasteiger partial charge < -0.3 is 14.9 Å². The van der Waals surface area contributed by atoms with Crippen LogP contribution in [0.5, 0.6) is 0 Å². The SMILES string of the molecule is OCC1[C@H]2[C@@H]3[C@@H](CO)[C@@H]3O[C@@H]12. The summed E-state index contributed by atoms with van der Waals surface area (Å²) in [5, 5.41) is 17.7. The second-order valence-corrected chi connectivity index (χ2v) is 3.91. The molecule has 1 aliphatic heterocycles. The van der Waals surface area contributed by atoms with Crippen molar-refractivity contribution in [2.75, 3.05) is 13.2 Å². The van der Waals surface area contributed by atoms with Gasteiger partial charge in [-0.05, 0) is 11.8 Å². The third kappa shape index (κ3) is 0.604. The minimum absolute atomic E-state index is 0.261. The van der Waals surface area contributed by atoms with Crippen molar-refractivity contribution < 1.29 is 14.9 Å². The summed E-state index contributed by atoms with van der Waals surface area (Å²) in [5.74, 6) is 1.96. The van der Waals surface area contributed by atoms with Gasteiger partial charge in [-0.1, -0.05) is 0 Å². The molecule has 3 aliphatic rings. The van der Waals surface area contributed by atoms with Gasteiger partial charge in [0.05, 0.1) is 12.2 Å². The Kier molecular flexibility index (Phi) is 1.04. The molecule has 0 spiro atoms. The van der Waals surface area contributed by atoms with Crippen LogP contribution in [0, 0.1) is 23.7 Å². The summed E-state index contributed by atoms with van der Waals surface area (Å²) >= 11 is 0. The number of aliphatic hydroxyl groups excluding tert-OH is 2. The van der Waals surface area contributed by atoms with E-state index >= 15 is 0 Å². The fraction of sp³-hybridized carbons (Fsp3) is 1.00. The van der Waals surface area contributed by atoms with Gasteiger partial charge in [0.15, 0.2) is 0 Å². The first-order valence-corrected chi connectivity index (χ1v) is 4.25. The van der Waals surface area contributed by atoms with Crippen molar-refractivity contribution in [1.29, 1.82) is 0 Å². The predicted octanol–water partition coefficient (Wildman–Crippen LogP) is -0.770. The molecule has 0 radical (unpaired) electrons. The first kappa shape index (κ1) is 6.40. The average Bonchev–Trinajstić information content (AvgIpc) is 2.87. The monoisotopic (exact) mass is 156 g/mol. The lowest BCUT2D eigenvalue weighted by atomic mass is 10.2. The van der Waals surface area contributed by atoms with E-state index in [-0.39, 0.29) is 13.2 Å². The van der Waals surface area contributed by atoms with E-state index in [1.54, 1.807) is 0 Å². The van der Waals surface area contributed by atoms with Gasteiger partial charge in [0.2, 0.25) is 0 Å². The molecule has 2 aliphatic carbocycles. The molecule has 2 N–H and O–H groups in total. The van der Waals surface area contributed by atoms with E-state index in [4.69, 9.17) is 14.9 Å². The van der Waals surface area contributed by atoms with Crippen molar-refractivity contribution >= 4 is 0 Å². The van der Waals surface area contributed by atoms with Crippen LogP contribution in [0.4, 0.5) is 0 Å². The van der Waals surface area contributed by atoms with Crippen LogP contribution < -0.4 is 0 Å². The van der Waals surface area contributed by atoms with Gasteiger partial charge in [-0.25, -0.2) is 0 Å². The van der Waals surface area contributed by atoms with Gasteiger partial charge in [-0.2, -0.15) is 0 Å². The van der Waals surface area contributed by atoms with Crippen LogP contribution in [0.3, 0.4) is 0 Å². The van der Waals surface area contributed by atoms with Gasteiger partial charge >= 0.3 is 0 Å². The fourth-order valence-electron chi connectivity index (χ4n) is 2.76. The standard InChI is InChI=1S/C8H12O3/c9-1-3-5-6-4(2-10)8(6)11-7(3)5/h3-10H,1-2H2/t3-,4?,5+,6+,7+,8+/m1/s1. The Balaban J connectivity index is 1.70. The van der Waals surface area contributed by atoms with Gasteiger partial charge in [0.1, 0.15) is 0 Å². The average molecular weight is 156 g/mol. The molecule has 3 fully saturated rings. The maximum atomic E-state index is 8.86. The minimum Gasteiger partial charge on any atom is -0.396 e. The molecule has 0 bridgehead atoms. The summed E-state index contributed by atoms with van der Waals surface area (Å²) < 4.78 is 5.60. The van der Waals surface area contributed by atoms with E-state index in [2.05, 4.69) is 0 Å². The Labute approximate surface area is 65.0 Å². The molecule has 0 aromatic carbocycles. The highest BCUT2D eigenvalue weighted by atomic mass is 16.5. The summed E-state index contributed by atoms with van der Waals surface area (Å²) in [6.07, 6.45) is 0.690. The van der Waals surface area contributed by atoms with E-state index in [1.807, 2.05) is 0 Å². The van der Waals surface area contributed by atoms with Crippen molar-refractivity contribution in [1.82, 2.24) is 0 Å². The molecule has 3 rings (SSSR count). The Morgan fingerprint density at radius 2 is 1.36 bits per heavy atom. The molecule has 1 unspecified atom stereocenters.